The molecule has 0 unspecified atom stereocenters. The van der Waals surface area contributed by atoms with E-state index in [2.05, 4.69) is 14.9 Å². The quantitative estimate of drug-likeness (QED) is 0.759. The van der Waals surface area contributed by atoms with Gasteiger partial charge in [-0.3, -0.25) is 9.69 Å². The second kappa shape index (κ2) is 8.93. The van der Waals surface area contributed by atoms with E-state index in [-0.39, 0.29) is 22.9 Å². The molecule has 156 valence electrons. The van der Waals surface area contributed by atoms with E-state index < -0.39 is 10.0 Å². The van der Waals surface area contributed by atoms with Crippen LogP contribution in [0.4, 0.5) is 5.69 Å². The van der Waals surface area contributed by atoms with Gasteiger partial charge in [0.25, 0.3) is 0 Å². The van der Waals surface area contributed by atoms with E-state index in [1.807, 2.05) is 6.92 Å². The van der Waals surface area contributed by atoms with Crippen LogP contribution < -0.4 is 10.0 Å². The molecule has 0 spiro atoms. The van der Waals surface area contributed by atoms with Crippen molar-refractivity contribution in [3.63, 3.8) is 0 Å². The number of anilines is 1. The van der Waals surface area contributed by atoms with Crippen LogP contribution in [0, 0.1) is 11.8 Å². The predicted molar refractivity (Wildman–Crippen MR) is 112 cm³/mol. The van der Waals surface area contributed by atoms with E-state index in [1.54, 1.807) is 26.0 Å². The summed E-state index contributed by atoms with van der Waals surface area (Å²) < 4.78 is 27.0. The SMILES string of the molecule is CC(C)NS(=O)(=O)c1ccc(NC(=O)[C@@H](C)N2CC[C@@H]3CCCC[C@@H]3C2)cc1. The number of amides is 1. The first-order chi connectivity index (χ1) is 13.3. The summed E-state index contributed by atoms with van der Waals surface area (Å²) in [6.45, 7) is 7.52. The Morgan fingerprint density at radius 2 is 1.68 bits per heavy atom. The number of piperidine rings is 1. The van der Waals surface area contributed by atoms with Crippen LogP contribution in [0.3, 0.4) is 0 Å². The summed E-state index contributed by atoms with van der Waals surface area (Å²) in [4.78, 5) is 15.2. The molecule has 0 radical (unpaired) electrons. The van der Waals surface area contributed by atoms with Gasteiger partial charge in [0, 0.05) is 18.3 Å². The molecule has 3 atom stereocenters. The lowest BCUT2D eigenvalue weighted by Gasteiger charge is -2.43. The predicted octanol–water partition coefficient (Wildman–Crippen LogP) is 3.21. The maximum Gasteiger partial charge on any atom is 0.241 e. The maximum atomic E-state index is 12.7. The van der Waals surface area contributed by atoms with E-state index in [0.29, 0.717) is 5.69 Å². The summed E-state index contributed by atoms with van der Waals surface area (Å²) >= 11 is 0. The zero-order valence-electron chi connectivity index (χ0n) is 17.1. The number of nitrogens with one attached hydrogen (secondary N) is 2. The Balaban J connectivity index is 1.58. The average molecular weight is 408 g/mol. The van der Waals surface area contributed by atoms with Crippen LogP contribution in [0.15, 0.2) is 29.2 Å². The Hall–Kier alpha value is -1.44. The highest BCUT2D eigenvalue weighted by atomic mass is 32.2. The van der Waals surface area contributed by atoms with Gasteiger partial charge in [-0.25, -0.2) is 13.1 Å². The van der Waals surface area contributed by atoms with E-state index in [0.717, 1.165) is 24.9 Å². The molecule has 2 N–H and O–H groups in total. The van der Waals surface area contributed by atoms with Crippen molar-refractivity contribution in [3.8, 4) is 0 Å². The molecule has 1 aliphatic carbocycles. The molecule has 1 amide bonds. The van der Waals surface area contributed by atoms with Gasteiger partial charge in [-0.15, -0.1) is 0 Å². The number of sulfonamides is 1. The van der Waals surface area contributed by atoms with Gasteiger partial charge in [0.05, 0.1) is 10.9 Å². The standard InChI is InChI=1S/C21H33N3O3S/c1-15(2)23-28(26,27)20-10-8-19(9-11-20)22-21(25)16(3)24-13-12-17-6-4-5-7-18(17)14-24/h8-11,15-18,23H,4-7,12-14H2,1-3H3,(H,22,25)/t16-,17+,18-/m1/s1. The van der Waals surface area contributed by atoms with Gasteiger partial charge in [0.2, 0.25) is 15.9 Å². The van der Waals surface area contributed by atoms with Crippen molar-refractivity contribution >= 4 is 21.6 Å². The van der Waals surface area contributed by atoms with Gasteiger partial charge < -0.3 is 5.32 Å². The van der Waals surface area contributed by atoms with E-state index in [9.17, 15) is 13.2 Å². The van der Waals surface area contributed by atoms with Crippen LogP contribution in [0.25, 0.3) is 0 Å². The number of rotatable bonds is 6. The summed E-state index contributed by atoms with van der Waals surface area (Å²) in [6.07, 6.45) is 6.50. The fraction of sp³-hybridized carbons (Fsp3) is 0.667. The topological polar surface area (TPSA) is 78.5 Å². The maximum absolute atomic E-state index is 12.7. The van der Waals surface area contributed by atoms with Crippen molar-refractivity contribution in [1.29, 1.82) is 0 Å². The molecule has 1 heterocycles. The number of hydrogen-bond acceptors (Lipinski definition) is 4. The summed E-state index contributed by atoms with van der Waals surface area (Å²) in [7, 11) is -3.52. The van der Waals surface area contributed by atoms with Gasteiger partial charge in [0.15, 0.2) is 0 Å². The van der Waals surface area contributed by atoms with Crippen molar-refractivity contribution in [1.82, 2.24) is 9.62 Å². The van der Waals surface area contributed by atoms with Crippen LogP contribution in [0.1, 0.15) is 52.9 Å². The lowest BCUT2D eigenvalue weighted by atomic mass is 9.75. The third kappa shape index (κ3) is 5.13. The largest absolute Gasteiger partial charge is 0.325 e. The number of carbonyl (C=O) groups is 1. The molecule has 1 aliphatic heterocycles. The molecule has 0 aromatic heterocycles. The number of fused-ring (bicyclic) bond motifs is 1. The highest BCUT2D eigenvalue weighted by Gasteiger charge is 2.34. The number of hydrogen-bond donors (Lipinski definition) is 2. The minimum Gasteiger partial charge on any atom is -0.325 e. The molecule has 3 rings (SSSR count). The van der Waals surface area contributed by atoms with Crippen molar-refractivity contribution in [2.45, 2.75) is 69.9 Å². The van der Waals surface area contributed by atoms with E-state index in [4.69, 9.17) is 0 Å². The van der Waals surface area contributed by atoms with Crippen LogP contribution >= 0.6 is 0 Å². The monoisotopic (exact) mass is 407 g/mol. The molecule has 6 nitrogen and oxygen atoms in total. The second-order valence-corrected chi connectivity index (χ2v) is 10.3. The Kier molecular flexibility index (Phi) is 6.78. The van der Waals surface area contributed by atoms with Crippen LogP contribution in [0.2, 0.25) is 0 Å². The molecule has 2 aliphatic rings. The lowest BCUT2D eigenvalue weighted by Crippen LogP contribution is -2.49. The van der Waals surface area contributed by atoms with E-state index in [1.165, 1.54) is 44.2 Å². The molecular weight excluding hydrogens is 374 g/mol. The summed E-state index contributed by atoms with van der Waals surface area (Å²) in [6, 6.07) is 5.99. The van der Waals surface area contributed by atoms with Crippen LogP contribution in [-0.4, -0.2) is 44.4 Å². The highest BCUT2D eigenvalue weighted by molar-refractivity contribution is 7.89. The lowest BCUT2D eigenvalue weighted by molar-refractivity contribution is -0.122. The Morgan fingerprint density at radius 3 is 2.32 bits per heavy atom. The highest BCUT2D eigenvalue weighted by Crippen LogP contribution is 2.36. The zero-order valence-corrected chi connectivity index (χ0v) is 18.0. The molecule has 2 fully saturated rings. The van der Waals surface area contributed by atoms with Gasteiger partial charge in [-0.2, -0.15) is 0 Å². The molecule has 1 saturated carbocycles. The minimum atomic E-state index is -3.52. The molecular formula is C21H33N3O3S. The minimum absolute atomic E-state index is 0.0369. The Bertz CT molecular complexity index is 777. The fourth-order valence-corrected chi connectivity index (χ4v) is 5.74. The van der Waals surface area contributed by atoms with Crippen molar-refractivity contribution in [2.75, 3.05) is 18.4 Å². The average Bonchev–Trinajstić information content (AvgIpc) is 2.66. The fourth-order valence-electron chi connectivity index (χ4n) is 4.49. The van der Waals surface area contributed by atoms with Crippen molar-refractivity contribution < 1.29 is 13.2 Å². The normalized spacial score (nSPS) is 24.6. The third-order valence-corrected chi connectivity index (χ3v) is 7.75. The number of benzene rings is 1. The van der Waals surface area contributed by atoms with Gasteiger partial charge in [-0.1, -0.05) is 19.3 Å². The summed E-state index contributed by atoms with van der Waals surface area (Å²) in [5, 5.41) is 2.93. The molecule has 7 heteroatoms. The smallest absolute Gasteiger partial charge is 0.241 e. The van der Waals surface area contributed by atoms with Gasteiger partial charge in [-0.05, 0) is 76.3 Å². The molecule has 1 aromatic carbocycles. The summed E-state index contributed by atoms with van der Waals surface area (Å²) in [5.74, 6) is 1.54. The molecule has 28 heavy (non-hydrogen) atoms. The number of carbonyl (C=O) groups excluding carboxylic acids is 1. The number of nitrogens with zero attached hydrogens (tertiary/aromatic N) is 1. The molecule has 1 saturated heterocycles. The van der Waals surface area contributed by atoms with Gasteiger partial charge >= 0.3 is 0 Å². The van der Waals surface area contributed by atoms with Crippen molar-refractivity contribution in [2.24, 2.45) is 11.8 Å². The Labute approximate surface area is 169 Å². The summed E-state index contributed by atoms with van der Waals surface area (Å²) in [5.41, 5.74) is 0.618. The van der Waals surface area contributed by atoms with Crippen LogP contribution in [-0.2, 0) is 14.8 Å². The number of likely N-dealkylation sites (tertiary alicyclic amines) is 1. The van der Waals surface area contributed by atoms with Gasteiger partial charge in [0.1, 0.15) is 0 Å². The first-order valence-electron chi connectivity index (χ1n) is 10.4. The first-order valence-corrected chi connectivity index (χ1v) is 11.9. The molecule has 1 aromatic rings. The van der Waals surface area contributed by atoms with Crippen molar-refractivity contribution in [3.05, 3.63) is 24.3 Å². The third-order valence-electron chi connectivity index (χ3n) is 6.07. The second-order valence-electron chi connectivity index (χ2n) is 8.55. The zero-order chi connectivity index (χ0) is 20.3. The van der Waals surface area contributed by atoms with Crippen LogP contribution in [0.5, 0.6) is 0 Å². The first kappa shape index (κ1) is 21.3. The van der Waals surface area contributed by atoms with E-state index >= 15 is 0 Å². The molecule has 0 bridgehead atoms. The Morgan fingerprint density at radius 1 is 1.04 bits per heavy atom.